The number of anilines is 2. The number of hydrogen-bond acceptors (Lipinski definition) is 2. The molecule has 0 radical (unpaired) electrons. The lowest BCUT2D eigenvalue weighted by Gasteiger charge is -2.20. The predicted molar refractivity (Wildman–Crippen MR) is 73.7 cm³/mol. The van der Waals surface area contributed by atoms with Crippen LogP contribution in [0, 0.1) is 6.92 Å². The topological polar surface area (TPSA) is 62.1 Å². The molecule has 94 valence electrons. The van der Waals surface area contributed by atoms with Crippen molar-refractivity contribution in [3.8, 4) is 0 Å². The number of aromatic nitrogens is 1. The summed E-state index contributed by atoms with van der Waals surface area (Å²) in [5.74, 6) is -0.0696. The molecule has 1 aromatic carbocycles. The summed E-state index contributed by atoms with van der Waals surface area (Å²) in [4.78, 5) is 16.9. The third-order valence-corrected chi connectivity index (χ3v) is 2.81. The molecule has 0 unspecified atom stereocenters. The number of nitrogens with zero attached hydrogens (tertiary/aromatic N) is 1. The molecule has 3 N–H and O–H groups in total. The molecule has 0 fully saturated rings. The Morgan fingerprint density at radius 1 is 1.39 bits per heavy atom. The van der Waals surface area contributed by atoms with E-state index >= 15 is 0 Å². The van der Waals surface area contributed by atoms with Crippen molar-refractivity contribution in [2.45, 2.75) is 13.8 Å². The Kier molecular flexibility index (Phi) is 3.37. The van der Waals surface area contributed by atoms with Crippen molar-refractivity contribution in [3.05, 3.63) is 47.8 Å². The largest absolute Gasteiger partial charge is 0.397 e. The van der Waals surface area contributed by atoms with Gasteiger partial charge in [0.05, 0.1) is 0 Å². The number of nitrogens with two attached hydrogens (primary N) is 1. The van der Waals surface area contributed by atoms with Gasteiger partial charge in [-0.25, -0.2) is 0 Å². The highest BCUT2D eigenvalue weighted by Gasteiger charge is 2.17. The number of carbonyl (C=O) groups excluding carboxylic acids is 1. The summed E-state index contributed by atoms with van der Waals surface area (Å²) in [6.45, 7) is 4.57. The number of hydrogen-bond donors (Lipinski definition) is 2. The maximum Gasteiger partial charge on any atom is 0.274 e. The van der Waals surface area contributed by atoms with Gasteiger partial charge in [0.25, 0.3) is 5.91 Å². The molecule has 2 aromatic rings. The van der Waals surface area contributed by atoms with Gasteiger partial charge in [0.1, 0.15) is 5.69 Å². The molecule has 0 aliphatic heterocycles. The van der Waals surface area contributed by atoms with Crippen molar-refractivity contribution in [3.63, 3.8) is 0 Å². The summed E-state index contributed by atoms with van der Waals surface area (Å²) in [5.41, 5.74) is 8.73. The number of rotatable bonds is 3. The van der Waals surface area contributed by atoms with E-state index in [4.69, 9.17) is 5.73 Å². The minimum absolute atomic E-state index is 0.0696. The second kappa shape index (κ2) is 4.96. The molecule has 4 nitrogen and oxygen atoms in total. The van der Waals surface area contributed by atoms with Gasteiger partial charge in [-0.2, -0.15) is 0 Å². The van der Waals surface area contributed by atoms with Gasteiger partial charge in [0.2, 0.25) is 0 Å². The Morgan fingerprint density at radius 2 is 2.17 bits per heavy atom. The van der Waals surface area contributed by atoms with Gasteiger partial charge in [0, 0.05) is 24.1 Å². The SMILES string of the molecule is CCN(C(=O)c1cc(N)c[nH]1)c1cccc(C)c1. The first kappa shape index (κ1) is 12.2. The molecule has 18 heavy (non-hydrogen) atoms. The highest BCUT2D eigenvalue weighted by atomic mass is 16.2. The predicted octanol–water partition coefficient (Wildman–Crippen LogP) is 2.57. The van der Waals surface area contributed by atoms with Crippen LogP contribution in [-0.2, 0) is 0 Å². The molecule has 0 aliphatic carbocycles. The van der Waals surface area contributed by atoms with Crippen LogP contribution in [0.4, 0.5) is 11.4 Å². The molecule has 1 heterocycles. The van der Waals surface area contributed by atoms with E-state index in [2.05, 4.69) is 4.98 Å². The molecule has 4 heteroatoms. The smallest absolute Gasteiger partial charge is 0.274 e. The van der Waals surface area contributed by atoms with Gasteiger partial charge in [-0.1, -0.05) is 12.1 Å². The van der Waals surface area contributed by atoms with Crippen molar-refractivity contribution in [2.75, 3.05) is 17.2 Å². The zero-order chi connectivity index (χ0) is 13.1. The van der Waals surface area contributed by atoms with E-state index in [1.54, 1.807) is 17.2 Å². The van der Waals surface area contributed by atoms with Crippen molar-refractivity contribution in [2.24, 2.45) is 0 Å². The monoisotopic (exact) mass is 243 g/mol. The van der Waals surface area contributed by atoms with Crippen LogP contribution >= 0.6 is 0 Å². The zero-order valence-electron chi connectivity index (χ0n) is 10.6. The molecule has 0 saturated heterocycles. The van der Waals surface area contributed by atoms with Crippen molar-refractivity contribution < 1.29 is 4.79 Å². The van der Waals surface area contributed by atoms with Crippen molar-refractivity contribution in [1.82, 2.24) is 4.98 Å². The average Bonchev–Trinajstić information content (AvgIpc) is 2.77. The standard InChI is InChI=1S/C14H17N3O/c1-3-17(12-6-4-5-10(2)7-12)14(18)13-8-11(15)9-16-13/h4-9,16H,3,15H2,1-2H3. The highest BCUT2D eigenvalue weighted by molar-refractivity contribution is 6.05. The molecule has 0 atom stereocenters. The normalized spacial score (nSPS) is 10.3. The van der Waals surface area contributed by atoms with Crippen LogP contribution in [0.3, 0.4) is 0 Å². The molecule has 0 saturated carbocycles. The number of aryl methyl sites for hydroxylation is 1. The lowest BCUT2D eigenvalue weighted by Crippen LogP contribution is -2.30. The maximum atomic E-state index is 12.3. The molecule has 0 aliphatic rings. The number of nitrogen functional groups attached to an aromatic ring is 1. The van der Waals surface area contributed by atoms with E-state index in [0.717, 1.165) is 11.3 Å². The highest BCUT2D eigenvalue weighted by Crippen LogP contribution is 2.18. The van der Waals surface area contributed by atoms with Crippen LogP contribution in [0.1, 0.15) is 23.0 Å². The number of aromatic amines is 1. The maximum absolute atomic E-state index is 12.3. The number of amides is 1. The number of benzene rings is 1. The summed E-state index contributed by atoms with van der Waals surface area (Å²) in [6, 6.07) is 9.54. The first-order valence-corrected chi connectivity index (χ1v) is 5.94. The fourth-order valence-electron chi connectivity index (χ4n) is 1.92. The van der Waals surface area contributed by atoms with Crippen LogP contribution in [0.5, 0.6) is 0 Å². The molecular weight excluding hydrogens is 226 g/mol. The molecule has 0 spiro atoms. The Morgan fingerprint density at radius 3 is 2.72 bits per heavy atom. The Bertz CT molecular complexity index is 560. The molecule has 1 amide bonds. The van der Waals surface area contributed by atoms with E-state index in [0.29, 0.717) is 17.9 Å². The van der Waals surface area contributed by atoms with Gasteiger partial charge in [0.15, 0.2) is 0 Å². The fraction of sp³-hybridized carbons (Fsp3) is 0.214. The summed E-state index contributed by atoms with van der Waals surface area (Å²) >= 11 is 0. The van der Waals surface area contributed by atoms with Crippen molar-refractivity contribution in [1.29, 1.82) is 0 Å². The lowest BCUT2D eigenvalue weighted by atomic mass is 10.2. The molecule has 2 rings (SSSR count). The molecule has 1 aromatic heterocycles. The minimum atomic E-state index is -0.0696. The third kappa shape index (κ3) is 2.37. The molecular formula is C14H17N3O. The van der Waals surface area contributed by atoms with Crippen LogP contribution in [0.15, 0.2) is 36.5 Å². The van der Waals surface area contributed by atoms with E-state index in [9.17, 15) is 4.79 Å². The van der Waals surface area contributed by atoms with Gasteiger partial charge in [-0.05, 0) is 37.6 Å². The third-order valence-electron chi connectivity index (χ3n) is 2.81. The van der Waals surface area contributed by atoms with Gasteiger partial charge < -0.3 is 15.6 Å². The first-order chi connectivity index (χ1) is 8.61. The summed E-state index contributed by atoms with van der Waals surface area (Å²) in [6.07, 6.45) is 1.62. The Hall–Kier alpha value is -2.23. The van der Waals surface area contributed by atoms with Crippen LogP contribution in [0.25, 0.3) is 0 Å². The fourth-order valence-corrected chi connectivity index (χ4v) is 1.92. The minimum Gasteiger partial charge on any atom is -0.397 e. The quantitative estimate of drug-likeness (QED) is 0.870. The van der Waals surface area contributed by atoms with Gasteiger partial charge in [-0.15, -0.1) is 0 Å². The summed E-state index contributed by atoms with van der Waals surface area (Å²) in [5, 5.41) is 0. The number of H-pyrrole nitrogens is 1. The van der Waals surface area contributed by atoms with E-state index < -0.39 is 0 Å². The summed E-state index contributed by atoms with van der Waals surface area (Å²) < 4.78 is 0. The second-order valence-electron chi connectivity index (χ2n) is 4.24. The van der Waals surface area contributed by atoms with E-state index in [-0.39, 0.29) is 5.91 Å². The zero-order valence-corrected chi connectivity index (χ0v) is 10.6. The average molecular weight is 243 g/mol. The Labute approximate surface area is 106 Å². The van der Waals surface area contributed by atoms with Crippen molar-refractivity contribution >= 4 is 17.3 Å². The van der Waals surface area contributed by atoms with Crippen LogP contribution in [-0.4, -0.2) is 17.4 Å². The lowest BCUT2D eigenvalue weighted by molar-refractivity contribution is 0.0984. The van der Waals surface area contributed by atoms with Crippen LogP contribution in [0.2, 0.25) is 0 Å². The van der Waals surface area contributed by atoms with Crippen LogP contribution < -0.4 is 10.6 Å². The van der Waals surface area contributed by atoms with Gasteiger partial charge in [-0.3, -0.25) is 4.79 Å². The van der Waals surface area contributed by atoms with E-state index in [1.807, 2.05) is 38.1 Å². The molecule has 0 bridgehead atoms. The van der Waals surface area contributed by atoms with Gasteiger partial charge >= 0.3 is 0 Å². The summed E-state index contributed by atoms with van der Waals surface area (Å²) in [7, 11) is 0. The first-order valence-electron chi connectivity index (χ1n) is 5.94. The Balaban J connectivity index is 2.31. The number of nitrogens with one attached hydrogen (secondary N) is 1. The second-order valence-corrected chi connectivity index (χ2v) is 4.24. The number of carbonyl (C=O) groups is 1. The van der Waals surface area contributed by atoms with E-state index in [1.165, 1.54) is 0 Å².